The molecule has 0 N–H and O–H groups in total. The van der Waals surface area contributed by atoms with Gasteiger partial charge in [0.25, 0.3) is 0 Å². The molecule has 0 radical (unpaired) electrons. The molecule has 0 bridgehead atoms. The maximum absolute atomic E-state index is 6.02. The molecular weight excluding hydrogens is 295 g/mol. The Kier molecular flexibility index (Phi) is 7.93. The van der Waals surface area contributed by atoms with E-state index in [1.54, 1.807) is 14.2 Å². The average molecular weight is 313 g/mol. The number of thiazole rings is 1. The van der Waals surface area contributed by atoms with Crippen molar-refractivity contribution < 1.29 is 9.47 Å². The monoisotopic (exact) mass is 312 g/mol. The zero-order valence-corrected chi connectivity index (χ0v) is 12.9. The number of nitrogens with zero attached hydrogens (tertiary/aromatic N) is 2. The zero-order chi connectivity index (χ0) is 13.4. The van der Waals surface area contributed by atoms with Gasteiger partial charge < -0.3 is 14.4 Å². The Balaban J connectivity index is 2.66. The normalized spacial score (nSPS) is 10.9. The molecule has 0 unspecified atom stereocenters. The van der Waals surface area contributed by atoms with Crippen molar-refractivity contribution >= 4 is 39.7 Å². The summed E-state index contributed by atoms with van der Waals surface area (Å²) >= 11 is 13.4. The van der Waals surface area contributed by atoms with Crippen molar-refractivity contribution in [2.45, 2.75) is 12.3 Å². The average Bonchev–Trinajstić information content (AvgIpc) is 2.75. The van der Waals surface area contributed by atoms with E-state index in [9.17, 15) is 0 Å². The minimum atomic E-state index is 0.396. The topological polar surface area (TPSA) is 34.6 Å². The molecule has 0 spiro atoms. The lowest BCUT2D eigenvalue weighted by molar-refractivity contribution is 0.191. The molecule has 0 aliphatic carbocycles. The summed E-state index contributed by atoms with van der Waals surface area (Å²) in [6.07, 6.45) is 0.938. The van der Waals surface area contributed by atoms with Gasteiger partial charge in [-0.25, -0.2) is 4.98 Å². The Hall–Kier alpha value is -0.0700. The fourth-order valence-electron chi connectivity index (χ4n) is 1.44. The van der Waals surface area contributed by atoms with Gasteiger partial charge in [0, 0.05) is 33.9 Å². The summed E-state index contributed by atoms with van der Waals surface area (Å²) < 4.78 is 10.2. The third kappa shape index (κ3) is 4.90. The number of alkyl halides is 1. The Morgan fingerprint density at radius 3 is 2.50 bits per heavy atom. The van der Waals surface area contributed by atoms with E-state index in [0.29, 0.717) is 17.6 Å². The highest BCUT2D eigenvalue weighted by Crippen LogP contribution is 2.30. The number of halogens is 2. The number of methoxy groups -OCH3 is 2. The quantitative estimate of drug-likeness (QED) is 0.518. The van der Waals surface area contributed by atoms with Gasteiger partial charge in [-0.15, -0.1) is 11.6 Å². The minimum Gasteiger partial charge on any atom is -0.385 e. The van der Waals surface area contributed by atoms with Crippen LogP contribution in [0.5, 0.6) is 0 Å². The number of aromatic nitrogens is 1. The van der Waals surface area contributed by atoms with Gasteiger partial charge in [0.15, 0.2) is 5.13 Å². The van der Waals surface area contributed by atoms with Crippen LogP contribution in [0.15, 0.2) is 0 Å². The van der Waals surface area contributed by atoms with Gasteiger partial charge in [-0.3, -0.25) is 0 Å². The fourth-order valence-corrected chi connectivity index (χ4v) is 2.97. The SMILES string of the molecule is COCCCN(CCOC)c1nc(Cl)c(CCl)s1. The maximum atomic E-state index is 6.02. The van der Waals surface area contributed by atoms with Crippen molar-refractivity contribution in [2.75, 3.05) is 45.4 Å². The standard InChI is InChI=1S/C11H18Cl2N2O2S/c1-16-6-3-4-15(5-7-17-2)11-14-10(13)9(8-12)18-11/h3-8H2,1-2H3. The van der Waals surface area contributed by atoms with Gasteiger partial charge in [0.2, 0.25) is 0 Å². The maximum Gasteiger partial charge on any atom is 0.187 e. The summed E-state index contributed by atoms with van der Waals surface area (Å²) in [6, 6.07) is 0. The first-order valence-corrected chi connectivity index (χ1v) is 7.39. The molecule has 0 atom stereocenters. The second kappa shape index (κ2) is 8.93. The number of hydrogen-bond acceptors (Lipinski definition) is 5. The van der Waals surface area contributed by atoms with Crippen LogP contribution in [0.2, 0.25) is 5.15 Å². The number of anilines is 1. The molecule has 7 heteroatoms. The van der Waals surface area contributed by atoms with Crippen molar-refractivity contribution in [1.29, 1.82) is 0 Å². The van der Waals surface area contributed by atoms with Crippen LogP contribution < -0.4 is 4.90 Å². The highest BCUT2D eigenvalue weighted by molar-refractivity contribution is 7.16. The molecular formula is C11H18Cl2N2O2S. The van der Waals surface area contributed by atoms with Gasteiger partial charge in [0.05, 0.1) is 17.4 Å². The molecule has 0 aliphatic heterocycles. The smallest absolute Gasteiger partial charge is 0.187 e. The summed E-state index contributed by atoms with van der Waals surface area (Å²) in [7, 11) is 3.39. The van der Waals surface area contributed by atoms with E-state index in [4.69, 9.17) is 32.7 Å². The third-order valence-electron chi connectivity index (χ3n) is 2.37. The van der Waals surface area contributed by atoms with Gasteiger partial charge in [-0.2, -0.15) is 0 Å². The second-order valence-electron chi connectivity index (χ2n) is 3.67. The molecule has 0 fully saturated rings. The second-order valence-corrected chi connectivity index (χ2v) is 5.36. The van der Waals surface area contributed by atoms with Crippen molar-refractivity contribution in [3.8, 4) is 0 Å². The van der Waals surface area contributed by atoms with Crippen LogP contribution in [-0.2, 0) is 15.4 Å². The van der Waals surface area contributed by atoms with Gasteiger partial charge in [0.1, 0.15) is 5.15 Å². The van der Waals surface area contributed by atoms with E-state index in [0.717, 1.165) is 36.1 Å². The molecule has 0 aromatic carbocycles. The van der Waals surface area contributed by atoms with Crippen LogP contribution in [0.3, 0.4) is 0 Å². The van der Waals surface area contributed by atoms with E-state index < -0.39 is 0 Å². The Labute approximate surface area is 122 Å². The van der Waals surface area contributed by atoms with Gasteiger partial charge >= 0.3 is 0 Å². The lowest BCUT2D eigenvalue weighted by atomic mass is 10.4. The van der Waals surface area contributed by atoms with Crippen LogP contribution >= 0.6 is 34.5 Å². The molecule has 0 amide bonds. The number of hydrogen-bond donors (Lipinski definition) is 0. The van der Waals surface area contributed by atoms with E-state index in [1.165, 1.54) is 11.3 Å². The highest BCUT2D eigenvalue weighted by Gasteiger charge is 2.14. The predicted molar refractivity (Wildman–Crippen MR) is 77.3 cm³/mol. The molecule has 0 saturated heterocycles. The Bertz CT molecular complexity index is 350. The van der Waals surface area contributed by atoms with Crippen molar-refractivity contribution in [1.82, 2.24) is 4.98 Å². The van der Waals surface area contributed by atoms with Crippen LogP contribution in [-0.4, -0.2) is 45.5 Å². The number of ether oxygens (including phenoxy) is 2. The Morgan fingerprint density at radius 1 is 1.22 bits per heavy atom. The number of rotatable bonds is 9. The van der Waals surface area contributed by atoms with E-state index >= 15 is 0 Å². The van der Waals surface area contributed by atoms with E-state index in [-0.39, 0.29) is 0 Å². The summed E-state index contributed by atoms with van der Waals surface area (Å²) in [6.45, 7) is 3.03. The lowest BCUT2D eigenvalue weighted by Gasteiger charge is -2.21. The molecule has 104 valence electrons. The van der Waals surface area contributed by atoms with Crippen LogP contribution in [0, 0.1) is 0 Å². The first-order valence-electron chi connectivity index (χ1n) is 5.67. The Morgan fingerprint density at radius 2 is 1.94 bits per heavy atom. The fraction of sp³-hybridized carbons (Fsp3) is 0.727. The van der Waals surface area contributed by atoms with Crippen LogP contribution in [0.1, 0.15) is 11.3 Å². The summed E-state index contributed by atoms with van der Waals surface area (Å²) in [4.78, 5) is 7.40. The summed E-state index contributed by atoms with van der Waals surface area (Å²) in [5.74, 6) is 0.396. The van der Waals surface area contributed by atoms with Crippen LogP contribution in [0.4, 0.5) is 5.13 Å². The largest absolute Gasteiger partial charge is 0.385 e. The van der Waals surface area contributed by atoms with Crippen molar-refractivity contribution in [2.24, 2.45) is 0 Å². The minimum absolute atomic E-state index is 0.396. The zero-order valence-electron chi connectivity index (χ0n) is 10.6. The molecule has 4 nitrogen and oxygen atoms in total. The van der Waals surface area contributed by atoms with Gasteiger partial charge in [-0.1, -0.05) is 22.9 Å². The molecule has 0 saturated carbocycles. The molecule has 18 heavy (non-hydrogen) atoms. The molecule has 0 aliphatic rings. The van der Waals surface area contributed by atoms with Gasteiger partial charge in [-0.05, 0) is 6.42 Å². The summed E-state index contributed by atoms with van der Waals surface area (Å²) in [5.41, 5.74) is 0. The third-order valence-corrected chi connectivity index (χ3v) is 4.34. The molecule has 1 aromatic heterocycles. The highest BCUT2D eigenvalue weighted by atomic mass is 35.5. The lowest BCUT2D eigenvalue weighted by Crippen LogP contribution is -2.28. The molecule has 1 rings (SSSR count). The predicted octanol–water partition coefficient (Wildman–Crippen LogP) is 3.02. The first kappa shape index (κ1) is 16.0. The molecule has 1 heterocycles. The van der Waals surface area contributed by atoms with Crippen molar-refractivity contribution in [3.05, 3.63) is 10.0 Å². The van der Waals surface area contributed by atoms with Crippen molar-refractivity contribution in [3.63, 3.8) is 0 Å². The summed E-state index contributed by atoms with van der Waals surface area (Å²) in [5, 5.41) is 1.39. The molecule has 1 aromatic rings. The first-order chi connectivity index (χ1) is 8.72. The van der Waals surface area contributed by atoms with E-state index in [2.05, 4.69) is 9.88 Å². The van der Waals surface area contributed by atoms with Crippen LogP contribution in [0.25, 0.3) is 0 Å². The van der Waals surface area contributed by atoms with E-state index in [1.807, 2.05) is 0 Å².